The number of carbonyl (C=O) groups is 3. The molecule has 1 aliphatic rings. The summed E-state index contributed by atoms with van der Waals surface area (Å²) in [7, 11) is -5.16. The van der Waals surface area contributed by atoms with Crippen molar-refractivity contribution < 1.29 is 66.8 Å². The molecule has 178 valence electrons. The van der Waals surface area contributed by atoms with Crippen molar-refractivity contribution in [2.75, 3.05) is 6.54 Å². The maximum absolute atomic E-state index is 12.8. The molecule has 4 N–H and O–H groups in total. The molecule has 1 aromatic rings. The van der Waals surface area contributed by atoms with Crippen molar-refractivity contribution in [2.24, 2.45) is 5.92 Å². The van der Waals surface area contributed by atoms with Crippen LogP contribution in [0.15, 0.2) is 30.3 Å². The molecule has 1 fully saturated rings. The largest absolute Gasteiger partial charge is 1.00 e. The van der Waals surface area contributed by atoms with Crippen molar-refractivity contribution in [1.29, 1.82) is 0 Å². The number of amides is 3. The number of ether oxygens (including phenoxy) is 1. The van der Waals surface area contributed by atoms with Gasteiger partial charge in [0.25, 0.3) is 0 Å². The first-order chi connectivity index (χ1) is 15.1. The summed E-state index contributed by atoms with van der Waals surface area (Å²) in [5.41, 5.74) is -1.69. The Morgan fingerprint density at radius 2 is 1.94 bits per heavy atom. The van der Waals surface area contributed by atoms with Crippen LogP contribution >= 0.6 is 0 Å². The third kappa shape index (κ3) is 9.59. The van der Waals surface area contributed by atoms with Crippen LogP contribution in [0.2, 0.25) is 0 Å². The van der Waals surface area contributed by atoms with Crippen LogP contribution in [0.25, 0.3) is 0 Å². The number of aliphatic hydroxyl groups is 1. The second-order valence-electron chi connectivity index (χ2n) is 7.56. The van der Waals surface area contributed by atoms with Crippen LogP contribution in [0.4, 0.5) is 4.79 Å². The van der Waals surface area contributed by atoms with Crippen LogP contribution in [-0.2, 0) is 31.1 Å². The minimum atomic E-state index is -5.16. The molecule has 0 aromatic heterocycles. The summed E-state index contributed by atoms with van der Waals surface area (Å²) in [6.07, 6.45) is -0.0270. The van der Waals surface area contributed by atoms with E-state index in [0.29, 0.717) is 19.4 Å². The number of hydrogen-bond donors (Lipinski definition) is 4. The summed E-state index contributed by atoms with van der Waals surface area (Å²) in [5, 5.41) is 17.3. The average molecular weight is 494 g/mol. The number of aliphatic hydroxyl groups excluding tert-OH is 1. The molecule has 0 spiro atoms. The number of nitrogens with one attached hydrogen (secondary N) is 3. The molecule has 1 heterocycles. The van der Waals surface area contributed by atoms with E-state index in [2.05, 4.69) is 16.0 Å². The van der Waals surface area contributed by atoms with Gasteiger partial charge in [0.05, 0.1) is 6.04 Å². The molecule has 0 bridgehead atoms. The summed E-state index contributed by atoms with van der Waals surface area (Å²) >= 11 is 0. The Labute approximate surface area is 215 Å². The van der Waals surface area contributed by atoms with Gasteiger partial charge in [-0.1, -0.05) is 43.7 Å². The third-order valence-electron chi connectivity index (χ3n) is 5.07. The SMILES string of the molecule is CCC[C@H](NC(=O)OCc1ccccc1)C(=O)N[C@@H](CC1CCNC1=O)C(O)S(=O)(=O)[O-].[Na+]. The van der Waals surface area contributed by atoms with Gasteiger partial charge in [-0.2, -0.15) is 0 Å². The minimum absolute atomic E-state index is 0. The van der Waals surface area contributed by atoms with Crippen LogP contribution in [0, 0.1) is 5.92 Å². The van der Waals surface area contributed by atoms with E-state index in [9.17, 15) is 32.5 Å². The molecule has 0 saturated carbocycles. The fraction of sp³-hybridized carbons (Fsp3) is 0.550. The Kier molecular flexibility index (Phi) is 12.3. The van der Waals surface area contributed by atoms with E-state index in [0.717, 1.165) is 5.56 Å². The molecule has 2 unspecified atom stereocenters. The number of carbonyl (C=O) groups excluding carboxylic acids is 3. The molecular weight excluding hydrogens is 465 g/mol. The van der Waals surface area contributed by atoms with Crippen molar-refractivity contribution in [1.82, 2.24) is 16.0 Å². The minimum Gasteiger partial charge on any atom is -0.746 e. The molecule has 3 amide bonds. The van der Waals surface area contributed by atoms with E-state index in [1.165, 1.54) is 0 Å². The maximum atomic E-state index is 12.8. The summed E-state index contributed by atoms with van der Waals surface area (Å²) in [4.78, 5) is 36.7. The smallest absolute Gasteiger partial charge is 0.746 e. The summed E-state index contributed by atoms with van der Waals surface area (Å²) in [6, 6.07) is 6.29. The molecule has 13 heteroatoms. The molecule has 1 saturated heterocycles. The van der Waals surface area contributed by atoms with Crippen molar-refractivity contribution in [3.05, 3.63) is 35.9 Å². The van der Waals surface area contributed by atoms with Gasteiger partial charge in [-0.25, -0.2) is 13.2 Å². The Balaban J connectivity index is 0.00000544. The standard InChI is InChI=1S/C20H29N3O8S.Na/c1-2-6-15(23-20(27)31-12-13-7-4-3-5-8-13)18(25)22-16(19(26)32(28,29)30)11-14-9-10-21-17(14)24;/h3-5,7-8,14-16,19,26H,2,6,9-12H2,1H3,(H,21,24)(H,22,25)(H,23,27)(H,28,29,30);/q;+1/p-1/t14?,15-,16-,19?;/m0./s1. The first kappa shape index (κ1) is 29.3. The molecule has 1 aromatic carbocycles. The van der Waals surface area contributed by atoms with Gasteiger partial charge in [0.1, 0.15) is 22.8 Å². The predicted octanol–water partition coefficient (Wildman–Crippen LogP) is -3.04. The Bertz CT molecular complexity index is 900. The second-order valence-corrected chi connectivity index (χ2v) is 9.03. The monoisotopic (exact) mass is 493 g/mol. The third-order valence-corrected chi connectivity index (χ3v) is 5.99. The Hall–Kier alpha value is -1.70. The molecule has 4 atom stereocenters. The molecule has 2 rings (SSSR count). The molecule has 0 aliphatic carbocycles. The van der Waals surface area contributed by atoms with Crippen LogP contribution in [0.3, 0.4) is 0 Å². The van der Waals surface area contributed by atoms with Gasteiger partial charge in [-0.3, -0.25) is 9.59 Å². The Morgan fingerprint density at radius 3 is 2.48 bits per heavy atom. The number of hydrogen-bond acceptors (Lipinski definition) is 8. The summed E-state index contributed by atoms with van der Waals surface area (Å²) in [6.45, 7) is 2.13. The fourth-order valence-electron chi connectivity index (χ4n) is 3.37. The van der Waals surface area contributed by atoms with Crippen molar-refractivity contribution in [3.63, 3.8) is 0 Å². The fourth-order valence-corrected chi connectivity index (χ4v) is 3.95. The van der Waals surface area contributed by atoms with E-state index in [1.807, 2.05) is 6.07 Å². The van der Waals surface area contributed by atoms with Gasteiger partial charge in [0.15, 0.2) is 5.44 Å². The van der Waals surface area contributed by atoms with E-state index >= 15 is 0 Å². The van der Waals surface area contributed by atoms with Gasteiger partial charge >= 0.3 is 35.7 Å². The second kappa shape index (κ2) is 13.9. The first-order valence-corrected chi connectivity index (χ1v) is 11.8. The maximum Gasteiger partial charge on any atom is 1.00 e. The zero-order valence-corrected chi connectivity index (χ0v) is 21.5. The van der Waals surface area contributed by atoms with E-state index in [-0.39, 0.29) is 54.9 Å². The van der Waals surface area contributed by atoms with E-state index < -0.39 is 45.6 Å². The van der Waals surface area contributed by atoms with Gasteiger partial charge in [-0.15, -0.1) is 0 Å². The van der Waals surface area contributed by atoms with Gasteiger partial charge < -0.3 is 30.3 Å². The average Bonchev–Trinajstić information content (AvgIpc) is 3.15. The number of alkyl carbamates (subject to hydrolysis) is 1. The van der Waals surface area contributed by atoms with E-state index in [1.54, 1.807) is 31.2 Å². The Morgan fingerprint density at radius 1 is 1.27 bits per heavy atom. The molecule has 0 radical (unpaired) electrons. The summed E-state index contributed by atoms with van der Waals surface area (Å²) < 4.78 is 39.2. The zero-order valence-electron chi connectivity index (χ0n) is 18.7. The van der Waals surface area contributed by atoms with Crippen molar-refractivity contribution in [2.45, 2.75) is 56.7 Å². The normalized spacial score (nSPS) is 18.3. The first-order valence-electron chi connectivity index (χ1n) is 10.3. The van der Waals surface area contributed by atoms with Crippen LogP contribution in [-0.4, -0.2) is 60.0 Å². The molecule has 1 aliphatic heterocycles. The predicted molar refractivity (Wildman–Crippen MR) is 112 cm³/mol. The van der Waals surface area contributed by atoms with Crippen molar-refractivity contribution in [3.8, 4) is 0 Å². The van der Waals surface area contributed by atoms with Crippen LogP contribution in [0.5, 0.6) is 0 Å². The van der Waals surface area contributed by atoms with E-state index in [4.69, 9.17) is 4.74 Å². The number of rotatable bonds is 11. The summed E-state index contributed by atoms with van der Waals surface area (Å²) in [5.74, 6) is -1.81. The molecule has 33 heavy (non-hydrogen) atoms. The molecular formula is C20H28N3NaO8S. The van der Waals surface area contributed by atoms with Crippen LogP contribution < -0.4 is 45.5 Å². The molecule has 11 nitrogen and oxygen atoms in total. The quantitative estimate of drug-likeness (QED) is 0.186. The van der Waals surface area contributed by atoms with Crippen LogP contribution in [0.1, 0.15) is 38.2 Å². The van der Waals surface area contributed by atoms with Gasteiger partial charge in [0, 0.05) is 12.5 Å². The van der Waals surface area contributed by atoms with Gasteiger partial charge in [0.2, 0.25) is 11.8 Å². The topological polar surface area (TPSA) is 174 Å². The van der Waals surface area contributed by atoms with Crippen molar-refractivity contribution >= 4 is 28.0 Å². The number of benzene rings is 1. The zero-order chi connectivity index (χ0) is 23.7. The van der Waals surface area contributed by atoms with Gasteiger partial charge in [-0.05, 0) is 24.8 Å².